The van der Waals surface area contributed by atoms with E-state index in [1.807, 2.05) is 6.07 Å². The van der Waals surface area contributed by atoms with Crippen molar-refractivity contribution in [3.8, 4) is 0 Å². The maximum absolute atomic E-state index is 11.1. The van der Waals surface area contributed by atoms with Gasteiger partial charge in [0, 0.05) is 19.6 Å². The molecule has 0 aliphatic carbocycles. The first-order chi connectivity index (χ1) is 9.76. The molecule has 0 spiro atoms. The molecule has 3 nitrogen and oxygen atoms in total. The third-order valence-electron chi connectivity index (χ3n) is 3.21. The van der Waals surface area contributed by atoms with Crippen molar-refractivity contribution in [1.82, 2.24) is 10.2 Å². The molecule has 110 valence electrons. The highest BCUT2D eigenvalue weighted by Crippen LogP contribution is 2.06. The molecule has 20 heavy (non-hydrogen) atoms. The van der Waals surface area contributed by atoms with E-state index in [1.54, 1.807) is 0 Å². The standard InChI is InChI=1S/C17H26N2O/c1-3-5-13-19(14-9-12-18-17(20)4-2)15-16-10-7-6-8-11-16/h4,6-8,10-11H,2-3,5,9,12-15H2,1H3,(H,18,20). The Bertz CT molecular complexity index is 389. The molecule has 0 saturated heterocycles. The van der Waals surface area contributed by atoms with Crippen LogP contribution in [0.4, 0.5) is 0 Å². The maximum atomic E-state index is 11.1. The highest BCUT2D eigenvalue weighted by molar-refractivity contribution is 5.86. The van der Waals surface area contributed by atoms with Crippen LogP contribution < -0.4 is 5.32 Å². The van der Waals surface area contributed by atoms with Gasteiger partial charge in [0.15, 0.2) is 0 Å². The SMILES string of the molecule is C=CC(=O)NCCCN(CCCC)Cc1ccccc1. The summed E-state index contributed by atoms with van der Waals surface area (Å²) < 4.78 is 0. The van der Waals surface area contributed by atoms with Crippen LogP contribution in [0.5, 0.6) is 0 Å². The molecular weight excluding hydrogens is 248 g/mol. The molecule has 0 aliphatic heterocycles. The summed E-state index contributed by atoms with van der Waals surface area (Å²) in [4.78, 5) is 13.5. The van der Waals surface area contributed by atoms with Crippen LogP contribution in [0.1, 0.15) is 31.7 Å². The quantitative estimate of drug-likeness (QED) is 0.525. The summed E-state index contributed by atoms with van der Waals surface area (Å²) in [6.07, 6.45) is 4.71. The van der Waals surface area contributed by atoms with Crippen molar-refractivity contribution in [2.24, 2.45) is 0 Å². The molecule has 0 bridgehead atoms. The number of unbranched alkanes of at least 4 members (excludes halogenated alkanes) is 1. The molecule has 0 unspecified atom stereocenters. The van der Waals surface area contributed by atoms with Crippen molar-refractivity contribution in [2.75, 3.05) is 19.6 Å². The number of nitrogens with one attached hydrogen (secondary N) is 1. The number of carbonyl (C=O) groups excluding carboxylic acids is 1. The predicted octanol–water partition coefficient (Wildman–Crippen LogP) is 2.98. The Kier molecular flexibility index (Phi) is 8.40. The predicted molar refractivity (Wildman–Crippen MR) is 84.5 cm³/mol. The van der Waals surface area contributed by atoms with Gasteiger partial charge in [-0.1, -0.05) is 50.3 Å². The number of hydrogen-bond donors (Lipinski definition) is 1. The molecule has 0 atom stereocenters. The fourth-order valence-electron chi connectivity index (χ4n) is 2.08. The third-order valence-corrected chi connectivity index (χ3v) is 3.21. The molecule has 0 saturated carbocycles. The highest BCUT2D eigenvalue weighted by Gasteiger charge is 2.05. The normalized spacial score (nSPS) is 10.5. The van der Waals surface area contributed by atoms with Gasteiger partial charge >= 0.3 is 0 Å². The van der Waals surface area contributed by atoms with E-state index in [4.69, 9.17) is 0 Å². The molecule has 0 aliphatic rings. The second-order valence-corrected chi connectivity index (χ2v) is 4.96. The lowest BCUT2D eigenvalue weighted by atomic mass is 10.2. The zero-order valence-electron chi connectivity index (χ0n) is 12.5. The molecule has 1 N–H and O–H groups in total. The van der Waals surface area contributed by atoms with E-state index in [0.29, 0.717) is 6.54 Å². The molecule has 0 radical (unpaired) electrons. The van der Waals surface area contributed by atoms with Gasteiger partial charge in [-0.3, -0.25) is 9.69 Å². The topological polar surface area (TPSA) is 32.3 Å². The fraction of sp³-hybridized carbons (Fsp3) is 0.471. The van der Waals surface area contributed by atoms with Crippen molar-refractivity contribution < 1.29 is 4.79 Å². The Labute approximate surface area is 122 Å². The van der Waals surface area contributed by atoms with Crippen molar-refractivity contribution in [2.45, 2.75) is 32.7 Å². The average Bonchev–Trinajstić information content (AvgIpc) is 2.49. The lowest BCUT2D eigenvalue weighted by Gasteiger charge is -2.22. The molecule has 0 aromatic heterocycles. The summed E-state index contributed by atoms with van der Waals surface area (Å²) in [7, 11) is 0. The van der Waals surface area contributed by atoms with Gasteiger partial charge in [0.05, 0.1) is 0 Å². The number of carbonyl (C=O) groups is 1. The molecule has 3 heteroatoms. The number of amides is 1. The first-order valence-electron chi connectivity index (χ1n) is 7.42. The largest absolute Gasteiger partial charge is 0.353 e. The van der Waals surface area contributed by atoms with Crippen LogP contribution in [-0.2, 0) is 11.3 Å². The molecule has 1 aromatic carbocycles. The Morgan fingerprint density at radius 2 is 1.95 bits per heavy atom. The molecule has 1 amide bonds. The van der Waals surface area contributed by atoms with Crippen molar-refractivity contribution >= 4 is 5.91 Å². The molecule has 0 fully saturated rings. The third kappa shape index (κ3) is 7.10. The minimum absolute atomic E-state index is 0.0897. The van der Waals surface area contributed by atoms with E-state index in [9.17, 15) is 4.79 Å². The lowest BCUT2D eigenvalue weighted by Crippen LogP contribution is -2.29. The summed E-state index contributed by atoms with van der Waals surface area (Å²) in [5.74, 6) is -0.0897. The van der Waals surface area contributed by atoms with Crippen LogP contribution in [0.25, 0.3) is 0 Å². The van der Waals surface area contributed by atoms with Crippen LogP contribution >= 0.6 is 0 Å². The number of hydrogen-bond acceptors (Lipinski definition) is 2. The van der Waals surface area contributed by atoms with Crippen LogP contribution in [0, 0.1) is 0 Å². The second-order valence-electron chi connectivity index (χ2n) is 4.96. The number of benzene rings is 1. The second kappa shape index (κ2) is 10.2. The van der Waals surface area contributed by atoms with Crippen molar-refractivity contribution in [3.63, 3.8) is 0 Å². The Morgan fingerprint density at radius 1 is 1.25 bits per heavy atom. The first-order valence-corrected chi connectivity index (χ1v) is 7.42. The lowest BCUT2D eigenvalue weighted by molar-refractivity contribution is -0.116. The first kappa shape index (κ1) is 16.4. The van der Waals surface area contributed by atoms with Gasteiger partial charge in [-0.25, -0.2) is 0 Å². The maximum Gasteiger partial charge on any atom is 0.243 e. The van der Waals surface area contributed by atoms with E-state index in [0.717, 1.165) is 26.1 Å². The number of nitrogens with zero attached hydrogens (tertiary/aromatic N) is 1. The molecule has 0 heterocycles. The minimum Gasteiger partial charge on any atom is -0.353 e. The summed E-state index contributed by atoms with van der Waals surface area (Å²) in [6.45, 7) is 9.47. The van der Waals surface area contributed by atoms with Gasteiger partial charge in [0.2, 0.25) is 5.91 Å². The highest BCUT2D eigenvalue weighted by atomic mass is 16.1. The van der Waals surface area contributed by atoms with E-state index in [1.165, 1.54) is 24.5 Å². The van der Waals surface area contributed by atoms with Crippen LogP contribution in [-0.4, -0.2) is 30.4 Å². The van der Waals surface area contributed by atoms with Crippen molar-refractivity contribution in [1.29, 1.82) is 0 Å². The van der Waals surface area contributed by atoms with Crippen LogP contribution in [0.15, 0.2) is 43.0 Å². The van der Waals surface area contributed by atoms with Gasteiger partial charge < -0.3 is 5.32 Å². The van der Waals surface area contributed by atoms with E-state index < -0.39 is 0 Å². The Hall–Kier alpha value is -1.61. The van der Waals surface area contributed by atoms with Gasteiger partial charge in [0.1, 0.15) is 0 Å². The Morgan fingerprint density at radius 3 is 2.60 bits per heavy atom. The summed E-state index contributed by atoms with van der Waals surface area (Å²) in [5.41, 5.74) is 1.35. The fourth-order valence-corrected chi connectivity index (χ4v) is 2.08. The van der Waals surface area contributed by atoms with Gasteiger partial charge in [-0.15, -0.1) is 0 Å². The summed E-state index contributed by atoms with van der Waals surface area (Å²) >= 11 is 0. The zero-order valence-corrected chi connectivity index (χ0v) is 12.5. The minimum atomic E-state index is -0.0897. The van der Waals surface area contributed by atoms with Crippen LogP contribution in [0.3, 0.4) is 0 Å². The van der Waals surface area contributed by atoms with E-state index in [-0.39, 0.29) is 5.91 Å². The molecular formula is C17H26N2O. The monoisotopic (exact) mass is 274 g/mol. The van der Waals surface area contributed by atoms with E-state index in [2.05, 4.69) is 48.0 Å². The number of rotatable bonds is 10. The van der Waals surface area contributed by atoms with Crippen LogP contribution in [0.2, 0.25) is 0 Å². The van der Waals surface area contributed by atoms with Crippen molar-refractivity contribution in [3.05, 3.63) is 48.6 Å². The zero-order chi connectivity index (χ0) is 14.6. The van der Waals surface area contributed by atoms with Gasteiger partial charge in [0.25, 0.3) is 0 Å². The average molecular weight is 274 g/mol. The van der Waals surface area contributed by atoms with Gasteiger partial charge in [-0.2, -0.15) is 0 Å². The van der Waals surface area contributed by atoms with Gasteiger partial charge in [-0.05, 0) is 31.0 Å². The Balaban J connectivity index is 2.35. The summed E-state index contributed by atoms with van der Waals surface area (Å²) in [6, 6.07) is 10.5. The molecule has 1 rings (SSSR count). The molecule has 1 aromatic rings. The van der Waals surface area contributed by atoms with E-state index >= 15 is 0 Å². The smallest absolute Gasteiger partial charge is 0.243 e. The summed E-state index contributed by atoms with van der Waals surface area (Å²) in [5, 5.41) is 2.82.